The molecule has 0 radical (unpaired) electrons. The Morgan fingerprint density at radius 3 is 2.55 bits per heavy atom. The molecule has 0 aromatic heterocycles. The first kappa shape index (κ1) is 15.7. The van der Waals surface area contributed by atoms with Gasteiger partial charge in [-0.05, 0) is 50.1 Å². The van der Waals surface area contributed by atoms with Gasteiger partial charge in [-0.3, -0.25) is 4.90 Å². The van der Waals surface area contributed by atoms with Crippen molar-refractivity contribution in [2.24, 2.45) is 0 Å². The van der Waals surface area contributed by atoms with Gasteiger partial charge in [-0.2, -0.15) is 0 Å². The average molecular weight is 348 g/mol. The lowest BCUT2D eigenvalue weighted by atomic mass is 10.1. The molecule has 0 amide bonds. The zero-order valence-corrected chi connectivity index (χ0v) is 13.5. The predicted molar refractivity (Wildman–Crippen MR) is 79.7 cm³/mol. The van der Waals surface area contributed by atoms with Crippen LogP contribution in [0.4, 0.5) is 8.78 Å². The summed E-state index contributed by atoms with van der Waals surface area (Å²) in [4.78, 5) is 1.78. The third-order valence-electron chi connectivity index (χ3n) is 3.56. The smallest absolute Gasteiger partial charge is 0.260 e. The number of benzene rings is 1. The molecular weight excluding hydrogens is 328 g/mol. The van der Waals surface area contributed by atoms with Gasteiger partial charge in [0.1, 0.15) is 12.4 Å². The fraction of sp³-hybridized carbons (Fsp3) is 0.600. The first-order valence-corrected chi connectivity index (χ1v) is 7.66. The van der Waals surface area contributed by atoms with Crippen molar-refractivity contribution in [3.05, 3.63) is 27.7 Å². The van der Waals surface area contributed by atoms with Gasteiger partial charge in [0, 0.05) is 17.4 Å². The second-order valence-corrected chi connectivity index (χ2v) is 6.25. The highest BCUT2D eigenvalue weighted by atomic mass is 79.9. The van der Waals surface area contributed by atoms with Gasteiger partial charge in [0.05, 0.1) is 6.54 Å². The van der Waals surface area contributed by atoms with E-state index in [1.165, 1.54) is 0 Å². The van der Waals surface area contributed by atoms with E-state index in [2.05, 4.69) is 15.9 Å². The third-order valence-corrected chi connectivity index (χ3v) is 4.81. The van der Waals surface area contributed by atoms with Crippen LogP contribution in [0.2, 0.25) is 0 Å². The van der Waals surface area contributed by atoms with Crippen LogP contribution in [0, 0.1) is 13.8 Å². The predicted octanol–water partition coefficient (Wildman–Crippen LogP) is 4.18. The molecule has 0 atom stereocenters. The van der Waals surface area contributed by atoms with Crippen molar-refractivity contribution in [1.82, 2.24) is 4.90 Å². The molecule has 0 N–H and O–H groups in total. The lowest BCUT2D eigenvalue weighted by Crippen LogP contribution is -2.44. The summed E-state index contributed by atoms with van der Waals surface area (Å²) >= 11 is 3.51. The Kier molecular flexibility index (Phi) is 5.02. The van der Waals surface area contributed by atoms with E-state index >= 15 is 0 Å². The largest absolute Gasteiger partial charge is 0.492 e. The van der Waals surface area contributed by atoms with E-state index in [0.29, 0.717) is 19.6 Å². The summed E-state index contributed by atoms with van der Waals surface area (Å²) in [5.74, 6) is -1.74. The number of hydrogen-bond donors (Lipinski definition) is 0. The molecule has 1 aromatic rings. The summed E-state index contributed by atoms with van der Waals surface area (Å²) in [6, 6.07) is 3.92. The number of alkyl halides is 2. The molecular formula is C15H20BrF2NO. The molecule has 112 valence electrons. The van der Waals surface area contributed by atoms with E-state index < -0.39 is 5.92 Å². The van der Waals surface area contributed by atoms with E-state index in [9.17, 15) is 8.78 Å². The molecule has 1 aliphatic rings. The minimum absolute atomic E-state index is 0.00938. The fourth-order valence-electron chi connectivity index (χ4n) is 2.52. The number of piperidine rings is 1. The van der Waals surface area contributed by atoms with Gasteiger partial charge in [0.15, 0.2) is 0 Å². The molecule has 1 aliphatic heterocycles. The van der Waals surface area contributed by atoms with Crippen LogP contribution in [0.15, 0.2) is 16.6 Å². The van der Waals surface area contributed by atoms with Crippen molar-refractivity contribution in [1.29, 1.82) is 0 Å². The quantitative estimate of drug-likeness (QED) is 0.810. The van der Waals surface area contributed by atoms with Gasteiger partial charge in [-0.1, -0.05) is 15.9 Å². The van der Waals surface area contributed by atoms with Crippen molar-refractivity contribution in [2.45, 2.75) is 32.6 Å². The maximum atomic E-state index is 13.3. The minimum atomic E-state index is -2.54. The van der Waals surface area contributed by atoms with Crippen LogP contribution < -0.4 is 4.74 Å². The Hall–Kier alpha value is -0.680. The van der Waals surface area contributed by atoms with Gasteiger partial charge >= 0.3 is 0 Å². The number of ether oxygens (including phenoxy) is 1. The topological polar surface area (TPSA) is 12.5 Å². The van der Waals surface area contributed by atoms with Gasteiger partial charge < -0.3 is 4.74 Å². The van der Waals surface area contributed by atoms with Crippen molar-refractivity contribution in [3.63, 3.8) is 0 Å². The normalized spacial score (nSPS) is 19.1. The van der Waals surface area contributed by atoms with E-state index in [0.717, 1.165) is 27.9 Å². The van der Waals surface area contributed by atoms with Gasteiger partial charge in [-0.25, -0.2) is 8.78 Å². The minimum Gasteiger partial charge on any atom is -0.492 e. The molecule has 0 saturated carbocycles. The van der Waals surface area contributed by atoms with Crippen LogP contribution in [0.5, 0.6) is 5.75 Å². The Bertz CT molecular complexity index is 456. The van der Waals surface area contributed by atoms with Crippen LogP contribution in [0.25, 0.3) is 0 Å². The van der Waals surface area contributed by atoms with Crippen LogP contribution in [-0.2, 0) is 0 Å². The second kappa shape index (κ2) is 6.39. The summed E-state index contributed by atoms with van der Waals surface area (Å²) in [5.41, 5.74) is 2.23. The van der Waals surface area contributed by atoms with E-state index in [1.54, 1.807) is 4.90 Å². The maximum Gasteiger partial charge on any atom is 0.260 e. The lowest BCUT2D eigenvalue weighted by molar-refractivity contribution is -0.0656. The summed E-state index contributed by atoms with van der Waals surface area (Å²) in [7, 11) is 0. The molecule has 0 unspecified atom stereocenters. The summed E-state index contributed by atoms with van der Waals surface area (Å²) in [5, 5.41) is 0. The van der Waals surface area contributed by atoms with Gasteiger partial charge in [0.25, 0.3) is 5.92 Å². The molecule has 0 bridgehead atoms. The van der Waals surface area contributed by atoms with Gasteiger partial charge in [-0.15, -0.1) is 0 Å². The van der Waals surface area contributed by atoms with E-state index in [1.807, 2.05) is 26.0 Å². The number of rotatable bonds is 4. The summed E-state index contributed by atoms with van der Waals surface area (Å²) < 4.78 is 33.3. The number of hydrogen-bond acceptors (Lipinski definition) is 2. The Morgan fingerprint density at radius 1 is 1.30 bits per heavy atom. The SMILES string of the molecule is Cc1cc(OCCN2CCCC(F)(F)C2)cc(C)c1Br. The highest BCUT2D eigenvalue weighted by Gasteiger charge is 2.34. The van der Waals surface area contributed by atoms with Crippen molar-refractivity contribution in [3.8, 4) is 5.75 Å². The molecule has 1 fully saturated rings. The zero-order valence-electron chi connectivity index (χ0n) is 11.9. The number of nitrogens with zero attached hydrogens (tertiary/aromatic N) is 1. The standard InChI is InChI=1S/C15H20BrF2NO/c1-11-8-13(9-12(2)14(11)16)20-7-6-19-5-3-4-15(17,18)10-19/h8-9H,3-7,10H2,1-2H3. The average Bonchev–Trinajstić information content (AvgIpc) is 2.34. The number of halogens is 3. The molecule has 0 aliphatic carbocycles. The molecule has 20 heavy (non-hydrogen) atoms. The van der Waals surface area contributed by atoms with Crippen LogP contribution in [0.1, 0.15) is 24.0 Å². The molecule has 2 nitrogen and oxygen atoms in total. The molecule has 1 aromatic carbocycles. The van der Waals surface area contributed by atoms with Gasteiger partial charge in [0.2, 0.25) is 0 Å². The Labute approximate surface area is 127 Å². The van der Waals surface area contributed by atoms with Crippen LogP contribution in [0.3, 0.4) is 0 Å². The van der Waals surface area contributed by atoms with Crippen LogP contribution >= 0.6 is 15.9 Å². The monoisotopic (exact) mass is 347 g/mol. The first-order chi connectivity index (χ1) is 9.37. The molecule has 2 rings (SSSR count). The lowest BCUT2D eigenvalue weighted by Gasteiger charge is -2.32. The Balaban J connectivity index is 1.84. The summed E-state index contributed by atoms with van der Waals surface area (Å²) in [6.45, 7) is 5.59. The highest BCUT2D eigenvalue weighted by Crippen LogP contribution is 2.27. The molecule has 5 heteroatoms. The number of aryl methyl sites for hydroxylation is 2. The first-order valence-electron chi connectivity index (χ1n) is 6.87. The van der Waals surface area contributed by atoms with E-state index in [4.69, 9.17) is 4.74 Å². The summed E-state index contributed by atoms with van der Waals surface area (Å²) in [6.07, 6.45) is 0.568. The van der Waals surface area contributed by atoms with Crippen molar-refractivity contribution < 1.29 is 13.5 Å². The molecule has 1 heterocycles. The second-order valence-electron chi connectivity index (χ2n) is 5.46. The van der Waals surface area contributed by atoms with Crippen LogP contribution in [-0.4, -0.2) is 37.1 Å². The van der Waals surface area contributed by atoms with Crippen molar-refractivity contribution in [2.75, 3.05) is 26.2 Å². The van der Waals surface area contributed by atoms with Crippen molar-refractivity contribution >= 4 is 15.9 Å². The zero-order chi connectivity index (χ0) is 14.8. The Morgan fingerprint density at radius 2 is 1.95 bits per heavy atom. The fourth-order valence-corrected chi connectivity index (χ4v) is 2.75. The number of likely N-dealkylation sites (tertiary alicyclic amines) is 1. The molecule has 1 saturated heterocycles. The maximum absolute atomic E-state index is 13.3. The molecule has 0 spiro atoms. The highest BCUT2D eigenvalue weighted by molar-refractivity contribution is 9.10. The van der Waals surface area contributed by atoms with E-state index in [-0.39, 0.29) is 13.0 Å². The third kappa shape index (κ3) is 4.16.